The fourth-order valence-corrected chi connectivity index (χ4v) is 3.26. The highest BCUT2D eigenvalue weighted by molar-refractivity contribution is 6.35. The van der Waals surface area contributed by atoms with Crippen LogP contribution in [0.15, 0.2) is 59.7 Å². The second-order valence-electron chi connectivity index (χ2n) is 5.82. The molecule has 6 heteroatoms. The van der Waals surface area contributed by atoms with Crippen molar-refractivity contribution in [2.45, 2.75) is 13.8 Å². The maximum atomic E-state index is 12.0. The molecule has 2 aromatic carbocycles. The fourth-order valence-electron chi connectivity index (χ4n) is 2.77. The summed E-state index contributed by atoms with van der Waals surface area (Å²) in [6.45, 7) is 3.95. The number of rotatable bonds is 4. The van der Waals surface area contributed by atoms with E-state index in [0.29, 0.717) is 15.6 Å². The number of hydrogen-bond acceptors (Lipinski definition) is 2. The predicted molar refractivity (Wildman–Crippen MR) is 107 cm³/mol. The van der Waals surface area contributed by atoms with Crippen LogP contribution in [0.3, 0.4) is 0 Å². The highest BCUT2D eigenvalue weighted by Gasteiger charge is 2.12. The number of aryl methyl sites for hydroxylation is 1. The van der Waals surface area contributed by atoms with E-state index in [2.05, 4.69) is 10.5 Å². The minimum atomic E-state index is -0.253. The van der Waals surface area contributed by atoms with Crippen LogP contribution in [0.4, 0.5) is 0 Å². The van der Waals surface area contributed by atoms with E-state index in [9.17, 15) is 4.79 Å². The van der Waals surface area contributed by atoms with Gasteiger partial charge in [0.15, 0.2) is 0 Å². The smallest absolute Gasteiger partial charge is 0.271 e. The third-order valence-corrected chi connectivity index (χ3v) is 4.56. The summed E-state index contributed by atoms with van der Waals surface area (Å²) in [6, 6.07) is 16.3. The Morgan fingerprint density at radius 3 is 2.50 bits per heavy atom. The summed E-state index contributed by atoms with van der Waals surface area (Å²) in [6.07, 6.45) is 1.63. The standard InChI is InChI=1S/C20H17Cl2N3O/c1-13-10-16(12-23-24-20(26)15-6-4-3-5-7-15)14(2)25(13)19-9-8-17(21)11-18(19)22/h3-12H,1-2H3,(H,24,26)/b23-12+. The Kier molecular flexibility index (Phi) is 5.45. The van der Waals surface area contributed by atoms with Gasteiger partial charge in [0.05, 0.1) is 16.9 Å². The first-order valence-corrected chi connectivity index (χ1v) is 8.76. The lowest BCUT2D eigenvalue weighted by Gasteiger charge is -2.11. The van der Waals surface area contributed by atoms with Crippen molar-refractivity contribution in [1.82, 2.24) is 9.99 Å². The van der Waals surface area contributed by atoms with Crippen LogP contribution in [-0.2, 0) is 0 Å². The molecule has 3 aromatic rings. The van der Waals surface area contributed by atoms with Crippen molar-refractivity contribution in [1.29, 1.82) is 0 Å². The van der Waals surface area contributed by atoms with Crippen molar-refractivity contribution in [3.05, 3.63) is 87.2 Å². The second-order valence-corrected chi connectivity index (χ2v) is 6.67. The quantitative estimate of drug-likeness (QED) is 0.488. The summed E-state index contributed by atoms with van der Waals surface area (Å²) in [5.41, 5.74) is 6.80. The summed E-state index contributed by atoms with van der Waals surface area (Å²) in [5, 5.41) is 5.23. The summed E-state index contributed by atoms with van der Waals surface area (Å²) >= 11 is 12.3. The Hall–Kier alpha value is -2.56. The largest absolute Gasteiger partial charge is 0.316 e. The number of hydrogen-bond donors (Lipinski definition) is 1. The van der Waals surface area contributed by atoms with Crippen LogP contribution in [-0.4, -0.2) is 16.7 Å². The lowest BCUT2D eigenvalue weighted by atomic mass is 10.2. The fraction of sp³-hybridized carbons (Fsp3) is 0.100. The molecule has 0 radical (unpaired) electrons. The van der Waals surface area contributed by atoms with Gasteiger partial charge in [-0.2, -0.15) is 5.10 Å². The first-order valence-electron chi connectivity index (χ1n) is 8.00. The van der Waals surface area contributed by atoms with E-state index in [-0.39, 0.29) is 5.91 Å². The molecule has 0 spiro atoms. The van der Waals surface area contributed by atoms with Crippen LogP contribution >= 0.6 is 23.2 Å². The molecule has 0 fully saturated rings. The van der Waals surface area contributed by atoms with Gasteiger partial charge in [-0.25, -0.2) is 5.43 Å². The van der Waals surface area contributed by atoms with Gasteiger partial charge in [-0.1, -0.05) is 41.4 Å². The zero-order valence-corrected chi connectivity index (χ0v) is 15.8. The summed E-state index contributed by atoms with van der Waals surface area (Å²) < 4.78 is 2.03. The lowest BCUT2D eigenvalue weighted by Crippen LogP contribution is -2.17. The number of carbonyl (C=O) groups excluding carboxylic acids is 1. The van der Waals surface area contributed by atoms with Gasteiger partial charge in [0, 0.05) is 27.5 Å². The molecule has 3 rings (SSSR count). The number of benzene rings is 2. The van der Waals surface area contributed by atoms with Gasteiger partial charge in [0.2, 0.25) is 0 Å². The van der Waals surface area contributed by atoms with Gasteiger partial charge < -0.3 is 4.57 Å². The van der Waals surface area contributed by atoms with Crippen molar-refractivity contribution in [2.75, 3.05) is 0 Å². The summed E-state index contributed by atoms with van der Waals surface area (Å²) in [4.78, 5) is 12.0. The minimum absolute atomic E-state index is 0.253. The molecule has 1 N–H and O–H groups in total. The average Bonchev–Trinajstić information content (AvgIpc) is 2.90. The summed E-state index contributed by atoms with van der Waals surface area (Å²) in [7, 11) is 0. The third-order valence-electron chi connectivity index (χ3n) is 4.03. The molecule has 1 heterocycles. The minimum Gasteiger partial charge on any atom is -0.316 e. The van der Waals surface area contributed by atoms with E-state index in [0.717, 1.165) is 22.6 Å². The number of halogens is 2. The van der Waals surface area contributed by atoms with Crippen molar-refractivity contribution >= 4 is 35.3 Å². The Morgan fingerprint density at radius 2 is 1.81 bits per heavy atom. The molecule has 0 unspecified atom stereocenters. The molecule has 0 bridgehead atoms. The Bertz CT molecular complexity index is 978. The predicted octanol–water partition coefficient (Wildman–Crippen LogP) is 5.16. The molecule has 1 aromatic heterocycles. The maximum absolute atomic E-state index is 12.0. The Balaban J connectivity index is 1.83. The highest BCUT2D eigenvalue weighted by Crippen LogP contribution is 2.28. The number of aromatic nitrogens is 1. The van der Waals surface area contributed by atoms with E-state index < -0.39 is 0 Å². The zero-order valence-electron chi connectivity index (χ0n) is 14.3. The van der Waals surface area contributed by atoms with Crippen LogP contribution < -0.4 is 5.43 Å². The van der Waals surface area contributed by atoms with Crippen molar-refractivity contribution < 1.29 is 4.79 Å². The molecule has 1 amide bonds. The van der Waals surface area contributed by atoms with E-state index in [1.165, 1.54) is 0 Å². The van der Waals surface area contributed by atoms with E-state index in [4.69, 9.17) is 23.2 Å². The van der Waals surface area contributed by atoms with Crippen LogP contribution in [0.25, 0.3) is 5.69 Å². The third kappa shape index (κ3) is 3.82. The molecule has 0 aliphatic heterocycles. The van der Waals surface area contributed by atoms with Gasteiger partial charge in [-0.15, -0.1) is 0 Å². The highest BCUT2D eigenvalue weighted by atomic mass is 35.5. The van der Waals surface area contributed by atoms with Gasteiger partial charge >= 0.3 is 0 Å². The van der Waals surface area contributed by atoms with Gasteiger partial charge in [0.25, 0.3) is 5.91 Å². The molecule has 26 heavy (non-hydrogen) atoms. The normalized spacial score (nSPS) is 11.1. The van der Waals surface area contributed by atoms with Crippen LogP contribution in [0, 0.1) is 13.8 Å². The van der Waals surface area contributed by atoms with Crippen molar-refractivity contribution in [3.8, 4) is 5.69 Å². The Morgan fingerprint density at radius 1 is 1.08 bits per heavy atom. The molecule has 0 aliphatic carbocycles. The number of carbonyl (C=O) groups is 1. The number of hydrazone groups is 1. The van der Waals surface area contributed by atoms with Crippen LogP contribution in [0.5, 0.6) is 0 Å². The summed E-state index contributed by atoms with van der Waals surface area (Å²) in [5.74, 6) is -0.253. The van der Waals surface area contributed by atoms with Gasteiger partial charge in [-0.3, -0.25) is 4.79 Å². The molecule has 0 saturated carbocycles. The van der Waals surface area contributed by atoms with Gasteiger partial charge in [-0.05, 0) is 50.2 Å². The number of nitrogens with zero attached hydrogens (tertiary/aromatic N) is 2. The molecular weight excluding hydrogens is 369 g/mol. The number of nitrogens with one attached hydrogen (secondary N) is 1. The van der Waals surface area contributed by atoms with E-state index in [1.54, 1.807) is 30.5 Å². The monoisotopic (exact) mass is 385 g/mol. The van der Waals surface area contributed by atoms with E-state index in [1.807, 2.05) is 48.7 Å². The van der Waals surface area contributed by atoms with Crippen LogP contribution in [0.1, 0.15) is 27.3 Å². The molecule has 132 valence electrons. The number of amides is 1. The van der Waals surface area contributed by atoms with Crippen molar-refractivity contribution in [3.63, 3.8) is 0 Å². The van der Waals surface area contributed by atoms with Crippen molar-refractivity contribution in [2.24, 2.45) is 5.10 Å². The molecule has 4 nitrogen and oxygen atoms in total. The molecule has 0 saturated heterocycles. The van der Waals surface area contributed by atoms with Gasteiger partial charge in [0.1, 0.15) is 0 Å². The molecule has 0 aliphatic rings. The lowest BCUT2D eigenvalue weighted by molar-refractivity contribution is 0.0955. The SMILES string of the molecule is Cc1cc(/C=N/NC(=O)c2ccccc2)c(C)n1-c1ccc(Cl)cc1Cl. The first kappa shape index (κ1) is 18.2. The van der Waals surface area contributed by atoms with Crippen LogP contribution in [0.2, 0.25) is 10.0 Å². The molecule has 0 atom stereocenters. The average molecular weight is 386 g/mol. The molecular formula is C20H17Cl2N3O. The second kappa shape index (κ2) is 7.77. The van der Waals surface area contributed by atoms with E-state index >= 15 is 0 Å². The maximum Gasteiger partial charge on any atom is 0.271 e. The topological polar surface area (TPSA) is 46.4 Å². The zero-order chi connectivity index (χ0) is 18.7. The Labute approximate surface area is 162 Å². The first-order chi connectivity index (χ1) is 12.5.